The Kier molecular flexibility index (Phi) is 5.08. The summed E-state index contributed by atoms with van der Waals surface area (Å²) in [4.78, 5) is 7.87. The quantitative estimate of drug-likeness (QED) is 0.719. The van der Waals surface area contributed by atoms with E-state index in [1.807, 2.05) is 11.9 Å². The van der Waals surface area contributed by atoms with Crippen molar-refractivity contribution < 1.29 is 12.8 Å². The van der Waals surface area contributed by atoms with Crippen molar-refractivity contribution in [1.29, 1.82) is 0 Å². The summed E-state index contributed by atoms with van der Waals surface area (Å²) in [6.07, 6.45) is 4.46. The molecule has 1 aromatic carbocycles. The molecule has 29 heavy (non-hydrogen) atoms. The molecule has 2 aliphatic heterocycles. The predicted octanol–water partition coefficient (Wildman–Crippen LogP) is 4.39. The topological polar surface area (TPSA) is 65.5 Å². The van der Waals surface area contributed by atoms with E-state index in [-0.39, 0.29) is 21.2 Å². The van der Waals surface area contributed by atoms with Crippen LogP contribution in [0.1, 0.15) is 33.1 Å². The molecule has 0 saturated carbocycles. The summed E-state index contributed by atoms with van der Waals surface area (Å²) in [7, 11) is -2.21. The molecule has 6 nitrogen and oxygen atoms in total. The van der Waals surface area contributed by atoms with Gasteiger partial charge in [0.2, 0.25) is 0 Å². The Hall–Kier alpha value is -1.42. The third-order valence-corrected chi connectivity index (χ3v) is 8.38. The number of benzene rings is 1. The molecule has 0 amide bonds. The first-order valence-corrected chi connectivity index (χ1v) is 12.2. The number of nitrogens with one attached hydrogen (secondary N) is 1. The molecule has 0 unspecified atom stereocenters. The first-order chi connectivity index (χ1) is 13.5. The minimum atomic E-state index is -4.13. The predicted molar refractivity (Wildman–Crippen MR) is 115 cm³/mol. The van der Waals surface area contributed by atoms with E-state index < -0.39 is 20.7 Å². The zero-order valence-corrected chi connectivity index (χ0v) is 19.0. The van der Waals surface area contributed by atoms with Gasteiger partial charge in [-0.25, -0.2) is 17.8 Å². The Bertz CT molecular complexity index is 1030. The number of nitrogens with zero attached hydrogens (tertiary/aromatic N) is 3. The van der Waals surface area contributed by atoms with Gasteiger partial charge in [0, 0.05) is 37.8 Å². The molecule has 2 saturated heterocycles. The minimum Gasteiger partial charge on any atom is -0.355 e. The number of fused-ring (bicyclic) bond motifs is 1. The van der Waals surface area contributed by atoms with E-state index in [4.69, 9.17) is 11.6 Å². The lowest BCUT2D eigenvalue weighted by Gasteiger charge is -2.43. The van der Waals surface area contributed by atoms with E-state index >= 15 is 0 Å². The average molecular weight is 459 g/mol. The van der Waals surface area contributed by atoms with Crippen molar-refractivity contribution in [3.63, 3.8) is 0 Å². The number of hydrogen-bond acceptors (Lipinski definition) is 6. The standard InChI is InChI=1S/C19H24ClFN4O2S2/c1-18(2)11-19(5-4-7-25(19)12-18)24(3)15-10-14(21)16(9-13(15)20)29(26,27)23-17-22-6-8-28-17/h6,8-10H,4-5,7,11-12H2,1-3H3,(H,22,23)/t19-/m1/s1. The normalized spacial score (nSPS) is 23.9. The maximum atomic E-state index is 15.0. The largest absolute Gasteiger partial charge is 0.355 e. The molecule has 2 aliphatic rings. The van der Waals surface area contributed by atoms with Crippen LogP contribution in [0.25, 0.3) is 0 Å². The van der Waals surface area contributed by atoms with Gasteiger partial charge in [0.05, 0.1) is 16.4 Å². The molecule has 10 heteroatoms. The number of aromatic nitrogens is 1. The van der Waals surface area contributed by atoms with Crippen molar-refractivity contribution in [2.75, 3.05) is 29.8 Å². The van der Waals surface area contributed by atoms with Gasteiger partial charge in [0.25, 0.3) is 10.0 Å². The van der Waals surface area contributed by atoms with Crippen LogP contribution in [0.3, 0.4) is 0 Å². The summed E-state index contributed by atoms with van der Waals surface area (Å²) >= 11 is 7.61. The number of anilines is 2. The molecule has 158 valence electrons. The summed E-state index contributed by atoms with van der Waals surface area (Å²) in [5.74, 6) is -0.835. The van der Waals surface area contributed by atoms with E-state index in [1.165, 1.54) is 18.3 Å². The first kappa shape index (κ1) is 20.8. The zero-order chi connectivity index (χ0) is 21.0. The van der Waals surface area contributed by atoms with Crippen molar-refractivity contribution in [2.45, 2.75) is 43.7 Å². The van der Waals surface area contributed by atoms with Crippen molar-refractivity contribution in [3.05, 3.63) is 34.5 Å². The third kappa shape index (κ3) is 3.62. The summed E-state index contributed by atoms with van der Waals surface area (Å²) in [5, 5.41) is 2.02. The molecule has 1 aromatic heterocycles. The monoisotopic (exact) mass is 458 g/mol. The summed E-state index contributed by atoms with van der Waals surface area (Å²) in [6, 6.07) is 2.42. The Balaban J connectivity index is 1.69. The Morgan fingerprint density at radius 1 is 1.38 bits per heavy atom. The summed E-state index contributed by atoms with van der Waals surface area (Å²) in [6.45, 7) is 6.45. The maximum Gasteiger partial charge on any atom is 0.266 e. The molecule has 0 radical (unpaired) electrons. The van der Waals surface area contributed by atoms with Crippen LogP contribution in [0.5, 0.6) is 0 Å². The van der Waals surface area contributed by atoms with Crippen LogP contribution < -0.4 is 9.62 Å². The van der Waals surface area contributed by atoms with Crippen LogP contribution in [-0.4, -0.2) is 44.1 Å². The Morgan fingerprint density at radius 3 is 2.83 bits per heavy atom. The van der Waals surface area contributed by atoms with Crippen molar-refractivity contribution in [1.82, 2.24) is 9.88 Å². The highest BCUT2D eigenvalue weighted by Gasteiger charge is 2.54. The van der Waals surface area contributed by atoms with Crippen molar-refractivity contribution in [3.8, 4) is 0 Å². The van der Waals surface area contributed by atoms with Gasteiger partial charge >= 0.3 is 0 Å². The highest BCUT2D eigenvalue weighted by atomic mass is 35.5. The fourth-order valence-electron chi connectivity index (χ4n) is 4.83. The molecule has 1 atom stereocenters. The van der Waals surface area contributed by atoms with Gasteiger partial charge in [-0.1, -0.05) is 25.4 Å². The van der Waals surface area contributed by atoms with Gasteiger partial charge < -0.3 is 4.90 Å². The van der Waals surface area contributed by atoms with Crippen LogP contribution in [-0.2, 0) is 10.0 Å². The second-order valence-electron chi connectivity index (χ2n) is 8.58. The second kappa shape index (κ2) is 7.08. The van der Waals surface area contributed by atoms with Gasteiger partial charge in [-0.3, -0.25) is 9.62 Å². The van der Waals surface area contributed by atoms with E-state index in [9.17, 15) is 12.8 Å². The molecule has 4 rings (SSSR count). The van der Waals surface area contributed by atoms with Gasteiger partial charge in [-0.2, -0.15) is 0 Å². The van der Waals surface area contributed by atoms with Crippen LogP contribution in [0.2, 0.25) is 5.02 Å². The number of thiazole rings is 1. The molecule has 0 aliphatic carbocycles. The fraction of sp³-hybridized carbons (Fsp3) is 0.526. The Morgan fingerprint density at radius 2 is 2.14 bits per heavy atom. The zero-order valence-electron chi connectivity index (χ0n) is 16.6. The summed E-state index contributed by atoms with van der Waals surface area (Å²) < 4.78 is 42.5. The van der Waals surface area contributed by atoms with E-state index in [0.717, 1.165) is 43.7 Å². The fourth-order valence-corrected chi connectivity index (χ4v) is 7.06. The SMILES string of the molecule is CN(c1cc(F)c(S(=O)(=O)Nc2nccs2)cc1Cl)[C@]12CCCN1CC(C)(C)C2. The maximum absolute atomic E-state index is 15.0. The number of rotatable bonds is 5. The van der Waals surface area contributed by atoms with E-state index in [2.05, 4.69) is 28.5 Å². The van der Waals surface area contributed by atoms with E-state index in [1.54, 1.807) is 5.38 Å². The number of hydrogen-bond donors (Lipinski definition) is 1. The van der Waals surface area contributed by atoms with Crippen molar-refractivity contribution >= 4 is 43.8 Å². The minimum absolute atomic E-state index is 0.153. The van der Waals surface area contributed by atoms with E-state index in [0.29, 0.717) is 5.69 Å². The lowest BCUT2D eigenvalue weighted by atomic mass is 9.86. The second-order valence-corrected chi connectivity index (χ2v) is 11.5. The summed E-state index contributed by atoms with van der Waals surface area (Å²) in [5.41, 5.74) is 0.432. The van der Waals surface area contributed by atoms with Crippen molar-refractivity contribution in [2.24, 2.45) is 5.41 Å². The van der Waals surface area contributed by atoms with Crippen LogP contribution in [0, 0.1) is 11.2 Å². The Labute approximate surface area is 179 Å². The van der Waals surface area contributed by atoms with Gasteiger partial charge in [-0.15, -0.1) is 11.3 Å². The average Bonchev–Trinajstić information content (AvgIpc) is 3.30. The van der Waals surface area contributed by atoms with Gasteiger partial charge in [0.1, 0.15) is 10.7 Å². The van der Waals surface area contributed by atoms with Gasteiger partial charge in [0.15, 0.2) is 5.13 Å². The number of sulfonamides is 1. The van der Waals surface area contributed by atoms with Crippen LogP contribution >= 0.6 is 22.9 Å². The lowest BCUT2D eigenvalue weighted by Crippen LogP contribution is -2.52. The molecule has 0 bridgehead atoms. The third-order valence-electron chi connectivity index (χ3n) is 5.90. The molecular formula is C19H24ClFN4O2S2. The van der Waals surface area contributed by atoms with Crippen LogP contribution in [0.4, 0.5) is 15.2 Å². The highest BCUT2D eigenvalue weighted by molar-refractivity contribution is 7.93. The smallest absolute Gasteiger partial charge is 0.266 e. The highest BCUT2D eigenvalue weighted by Crippen LogP contribution is 2.50. The molecule has 0 spiro atoms. The van der Waals surface area contributed by atoms with Gasteiger partial charge in [-0.05, 0) is 30.7 Å². The lowest BCUT2D eigenvalue weighted by molar-refractivity contribution is 0.194. The molecule has 2 aromatic rings. The molecule has 3 heterocycles. The molecule has 2 fully saturated rings. The first-order valence-electron chi connectivity index (χ1n) is 9.44. The molecular weight excluding hydrogens is 435 g/mol. The molecule has 1 N–H and O–H groups in total. The van der Waals surface area contributed by atoms with Crippen LogP contribution in [0.15, 0.2) is 28.6 Å². The number of halogens is 2.